The number of halogens is 1. The molecule has 7 heteroatoms. The molecule has 0 saturated carbocycles. The summed E-state index contributed by atoms with van der Waals surface area (Å²) in [7, 11) is 2.84. The van der Waals surface area contributed by atoms with Gasteiger partial charge in [-0.1, -0.05) is 24.4 Å². The Hall–Kier alpha value is -2.08. The molecular weight excluding hydrogens is 358 g/mol. The van der Waals surface area contributed by atoms with Crippen molar-refractivity contribution in [1.29, 1.82) is 0 Å². The van der Waals surface area contributed by atoms with Crippen LogP contribution in [-0.4, -0.2) is 37.9 Å². The maximum absolute atomic E-state index is 12.5. The van der Waals surface area contributed by atoms with E-state index in [0.717, 1.165) is 19.3 Å². The molecule has 0 unspecified atom stereocenters. The van der Waals surface area contributed by atoms with Crippen LogP contribution in [0.1, 0.15) is 55.8 Å². The van der Waals surface area contributed by atoms with Gasteiger partial charge in [-0.05, 0) is 38.0 Å². The van der Waals surface area contributed by atoms with Crippen LogP contribution in [0.25, 0.3) is 0 Å². The highest BCUT2D eigenvalue weighted by Crippen LogP contribution is 2.24. The number of carbonyl (C=O) groups is 3. The smallest absolute Gasteiger partial charge is 0.305 e. The van der Waals surface area contributed by atoms with Gasteiger partial charge in [-0.2, -0.15) is 0 Å². The van der Waals surface area contributed by atoms with Crippen molar-refractivity contribution in [3.05, 3.63) is 28.8 Å². The second kappa shape index (κ2) is 11.5. The summed E-state index contributed by atoms with van der Waals surface area (Å²) < 4.78 is 9.75. The summed E-state index contributed by atoms with van der Waals surface area (Å²) in [6.07, 6.45) is 3.88. The second-order valence-corrected chi connectivity index (χ2v) is 6.42. The molecular formula is C19H26ClNO5. The standard InChI is InChI=1S/C19H26ClNO5/c1-13(19(24)15-12-14(20)10-11-16(15)25-2)21-17(22)8-6-4-5-7-9-18(23)26-3/h10-13H,4-9H2,1-3H3,(H,21,22)/t13-/m1/s1. The van der Waals surface area contributed by atoms with E-state index in [0.29, 0.717) is 35.6 Å². The molecule has 6 nitrogen and oxygen atoms in total. The van der Waals surface area contributed by atoms with E-state index < -0.39 is 6.04 Å². The number of ether oxygens (including phenoxy) is 2. The Morgan fingerprint density at radius 2 is 1.73 bits per heavy atom. The van der Waals surface area contributed by atoms with Crippen LogP contribution >= 0.6 is 11.6 Å². The molecule has 0 saturated heterocycles. The molecule has 144 valence electrons. The predicted octanol–water partition coefficient (Wildman–Crippen LogP) is 3.55. The molecule has 26 heavy (non-hydrogen) atoms. The van der Waals surface area contributed by atoms with Crippen molar-refractivity contribution in [3.63, 3.8) is 0 Å². The van der Waals surface area contributed by atoms with Gasteiger partial charge in [-0.25, -0.2) is 0 Å². The van der Waals surface area contributed by atoms with E-state index in [-0.39, 0.29) is 17.7 Å². The third kappa shape index (κ3) is 7.44. The summed E-state index contributed by atoms with van der Waals surface area (Å²) in [6.45, 7) is 1.64. The summed E-state index contributed by atoms with van der Waals surface area (Å²) >= 11 is 5.94. The van der Waals surface area contributed by atoms with Crippen molar-refractivity contribution in [1.82, 2.24) is 5.32 Å². The highest BCUT2D eigenvalue weighted by molar-refractivity contribution is 6.31. The third-order valence-corrected chi connectivity index (χ3v) is 4.20. The number of nitrogens with one attached hydrogen (secondary N) is 1. The summed E-state index contributed by atoms with van der Waals surface area (Å²) in [5.74, 6) is -0.229. The lowest BCUT2D eigenvalue weighted by atomic mass is 10.0. The third-order valence-electron chi connectivity index (χ3n) is 3.96. The minimum Gasteiger partial charge on any atom is -0.496 e. The normalized spacial score (nSPS) is 11.5. The first-order valence-corrected chi connectivity index (χ1v) is 9.00. The Labute approximate surface area is 159 Å². The second-order valence-electron chi connectivity index (χ2n) is 5.99. The van der Waals surface area contributed by atoms with Crippen molar-refractivity contribution in [2.24, 2.45) is 0 Å². The molecule has 0 bridgehead atoms. The zero-order valence-electron chi connectivity index (χ0n) is 15.5. The van der Waals surface area contributed by atoms with Crippen LogP contribution in [0.3, 0.4) is 0 Å². The molecule has 0 aliphatic rings. The number of Topliss-reactive ketones (excluding diaryl/α,β-unsaturated/α-hetero) is 1. The van der Waals surface area contributed by atoms with E-state index >= 15 is 0 Å². The number of esters is 1. The molecule has 1 amide bonds. The Bertz CT molecular complexity index is 632. The van der Waals surface area contributed by atoms with Crippen LogP contribution in [0.2, 0.25) is 5.02 Å². The average molecular weight is 384 g/mol. The zero-order valence-corrected chi connectivity index (χ0v) is 16.2. The van der Waals surface area contributed by atoms with Crippen LogP contribution in [0.5, 0.6) is 5.75 Å². The predicted molar refractivity (Wildman–Crippen MR) is 99.7 cm³/mol. The fraction of sp³-hybridized carbons (Fsp3) is 0.526. The Kier molecular flexibility index (Phi) is 9.73. The average Bonchev–Trinajstić information content (AvgIpc) is 2.63. The van der Waals surface area contributed by atoms with Crippen LogP contribution in [-0.2, 0) is 14.3 Å². The Balaban J connectivity index is 2.39. The van der Waals surface area contributed by atoms with Crippen LogP contribution in [0.15, 0.2) is 18.2 Å². The van der Waals surface area contributed by atoms with E-state index in [1.165, 1.54) is 20.3 Å². The van der Waals surface area contributed by atoms with E-state index in [9.17, 15) is 14.4 Å². The summed E-state index contributed by atoms with van der Waals surface area (Å²) in [4.78, 5) is 35.5. The molecule has 0 radical (unpaired) electrons. The SMILES string of the molecule is COC(=O)CCCCCCC(=O)N[C@H](C)C(=O)c1cc(Cl)ccc1OC. The molecule has 0 aliphatic carbocycles. The topological polar surface area (TPSA) is 81.7 Å². The number of ketones is 1. The van der Waals surface area contributed by atoms with E-state index in [1.54, 1.807) is 19.1 Å². The van der Waals surface area contributed by atoms with Crippen LogP contribution in [0, 0.1) is 0 Å². The van der Waals surface area contributed by atoms with Gasteiger partial charge in [0.25, 0.3) is 0 Å². The lowest BCUT2D eigenvalue weighted by Crippen LogP contribution is -2.38. The van der Waals surface area contributed by atoms with Gasteiger partial charge < -0.3 is 14.8 Å². The van der Waals surface area contributed by atoms with Crippen molar-refractivity contribution in [3.8, 4) is 5.75 Å². The van der Waals surface area contributed by atoms with Crippen LogP contribution < -0.4 is 10.1 Å². The first-order chi connectivity index (χ1) is 12.4. The van der Waals surface area contributed by atoms with Gasteiger partial charge in [0.2, 0.25) is 5.91 Å². The number of amides is 1. The highest BCUT2D eigenvalue weighted by Gasteiger charge is 2.21. The molecule has 1 aromatic carbocycles. The van der Waals surface area contributed by atoms with Gasteiger partial charge in [0.05, 0.1) is 25.8 Å². The molecule has 0 fully saturated rings. The fourth-order valence-electron chi connectivity index (χ4n) is 2.50. The molecule has 1 rings (SSSR count). The maximum Gasteiger partial charge on any atom is 0.305 e. The number of rotatable bonds is 11. The number of methoxy groups -OCH3 is 2. The molecule has 0 aliphatic heterocycles. The maximum atomic E-state index is 12.5. The molecule has 0 heterocycles. The lowest BCUT2D eigenvalue weighted by Gasteiger charge is -2.15. The minimum absolute atomic E-state index is 0.181. The zero-order chi connectivity index (χ0) is 19.5. The van der Waals surface area contributed by atoms with Crippen molar-refractivity contribution >= 4 is 29.3 Å². The van der Waals surface area contributed by atoms with Gasteiger partial charge in [-0.3, -0.25) is 14.4 Å². The quantitative estimate of drug-likeness (QED) is 0.359. The van der Waals surface area contributed by atoms with Gasteiger partial charge in [0.1, 0.15) is 5.75 Å². The number of unbranched alkanes of at least 4 members (excludes halogenated alkanes) is 3. The first-order valence-electron chi connectivity index (χ1n) is 8.63. The van der Waals surface area contributed by atoms with Gasteiger partial charge >= 0.3 is 5.97 Å². The summed E-state index contributed by atoms with van der Waals surface area (Å²) in [5.41, 5.74) is 0.343. The number of hydrogen-bond donors (Lipinski definition) is 1. The Morgan fingerprint density at radius 3 is 2.35 bits per heavy atom. The molecule has 0 aromatic heterocycles. The van der Waals surface area contributed by atoms with E-state index in [4.69, 9.17) is 16.3 Å². The van der Waals surface area contributed by atoms with Gasteiger partial charge in [0.15, 0.2) is 5.78 Å². The summed E-state index contributed by atoms with van der Waals surface area (Å²) in [5, 5.41) is 3.14. The monoisotopic (exact) mass is 383 g/mol. The van der Waals surface area contributed by atoms with Gasteiger partial charge in [-0.15, -0.1) is 0 Å². The van der Waals surface area contributed by atoms with Crippen molar-refractivity contribution in [2.45, 2.75) is 51.5 Å². The van der Waals surface area contributed by atoms with E-state index in [2.05, 4.69) is 10.1 Å². The first kappa shape index (κ1) is 22.0. The molecule has 0 spiro atoms. The van der Waals surface area contributed by atoms with Crippen LogP contribution in [0.4, 0.5) is 0 Å². The minimum atomic E-state index is -0.672. The Morgan fingerprint density at radius 1 is 1.08 bits per heavy atom. The molecule has 1 N–H and O–H groups in total. The van der Waals surface area contributed by atoms with E-state index in [1.807, 2.05) is 0 Å². The fourth-order valence-corrected chi connectivity index (χ4v) is 2.67. The van der Waals surface area contributed by atoms with Crippen molar-refractivity contribution < 1.29 is 23.9 Å². The molecule has 1 atom stereocenters. The van der Waals surface area contributed by atoms with Gasteiger partial charge in [0, 0.05) is 17.9 Å². The highest BCUT2D eigenvalue weighted by atomic mass is 35.5. The number of hydrogen-bond acceptors (Lipinski definition) is 5. The number of carbonyl (C=O) groups excluding carboxylic acids is 3. The lowest BCUT2D eigenvalue weighted by molar-refractivity contribution is -0.140. The molecule has 1 aromatic rings. The number of benzene rings is 1. The van der Waals surface area contributed by atoms with Crippen molar-refractivity contribution in [2.75, 3.05) is 14.2 Å². The summed E-state index contributed by atoms with van der Waals surface area (Å²) in [6, 6.07) is 4.13. The largest absolute Gasteiger partial charge is 0.496 e.